The van der Waals surface area contributed by atoms with Crippen molar-refractivity contribution in [3.63, 3.8) is 0 Å². The molecule has 0 radical (unpaired) electrons. The van der Waals surface area contributed by atoms with Crippen molar-refractivity contribution in [3.8, 4) is 0 Å². The molecule has 9 nitrogen and oxygen atoms in total. The number of aromatic nitrogens is 5. The summed E-state index contributed by atoms with van der Waals surface area (Å²) >= 11 is 1.35. The van der Waals surface area contributed by atoms with Crippen molar-refractivity contribution in [2.75, 3.05) is 17.1 Å². The van der Waals surface area contributed by atoms with E-state index in [9.17, 15) is 8.42 Å². The molecule has 11 heteroatoms. The average molecular weight is 313 g/mol. The van der Waals surface area contributed by atoms with E-state index in [-0.39, 0.29) is 16.8 Å². The van der Waals surface area contributed by atoms with Gasteiger partial charge in [-0.15, -0.1) is 11.3 Å². The van der Waals surface area contributed by atoms with Gasteiger partial charge in [0.25, 0.3) is 10.0 Å². The summed E-state index contributed by atoms with van der Waals surface area (Å²) in [7, 11) is -0.614. The number of hydrogen-bond acceptors (Lipinski definition) is 7. The van der Waals surface area contributed by atoms with E-state index in [4.69, 9.17) is 0 Å². The fraction of sp³-hybridized carbons (Fsp3) is 0.222. The molecule has 3 aromatic rings. The van der Waals surface area contributed by atoms with Gasteiger partial charge in [-0.1, -0.05) is 0 Å². The monoisotopic (exact) mass is 313 g/mol. The van der Waals surface area contributed by atoms with Crippen molar-refractivity contribution in [1.29, 1.82) is 0 Å². The Balaban J connectivity index is 2.13. The van der Waals surface area contributed by atoms with Gasteiger partial charge in [0.15, 0.2) is 10.8 Å². The van der Waals surface area contributed by atoms with Crippen LogP contribution in [0.2, 0.25) is 0 Å². The highest BCUT2D eigenvalue weighted by Crippen LogP contribution is 2.26. The maximum absolute atomic E-state index is 12.5. The van der Waals surface area contributed by atoms with E-state index >= 15 is 0 Å². The first-order chi connectivity index (χ1) is 9.53. The van der Waals surface area contributed by atoms with Crippen LogP contribution in [-0.4, -0.2) is 39.6 Å². The van der Waals surface area contributed by atoms with Crippen molar-refractivity contribution >= 4 is 38.1 Å². The van der Waals surface area contributed by atoms with Gasteiger partial charge in [-0.3, -0.25) is 4.40 Å². The molecule has 3 aromatic heterocycles. The summed E-state index contributed by atoms with van der Waals surface area (Å²) < 4.78 is 30.3. The Labute approximate surface area is 118 Å². The van der Waals surface area contributed by atoms with E-state index in [0.29, 0.717) is 4.96 Å². The minimum absolute atomic E-state index is 0.0410. The number of sulfonamides is 1. The Bertz CT molecular complexity index is 860. The standard InChI is InChI=1S/C9H11N7O2S2/c1-10-6-7(16-3-4-19-9(16)13-6)20(17,18)14-8-11-5-12-15(8)2/h3-5,10H,1-2H3,(H,11,12,14). The molecule has 0 atom stereocenters. The molecule has 2 N–H and O–H groups in total. The van der Waals surface area contributed by atoms with Crippen LogP contribution in [0.3, 0.4) is 0 Å². The number of nitrogens with one attached hydrogen (secondary N) is 2. The number of imidazole rings is 1. The van der Waals surface area contributed by atoms with Crippen LogP contribution in [0.15, 0.2) is 22.9 Å². The van der Waals surface area contributed by atoms with Gasteiger partial charge in [-0.05, 0) is 0 Å². The lowest BCUT2D eigenvalue weighted by molar-refractivity contribution is 0.596. The van der Waals surface area contributed by atoms with Gasteiger partial charge in [0.05, 0.1) is 0 Å². The van der Waals surface area contributed by atoms with Gasteiger partial charge in [-0.2, -0.15) is 18.5 Å². The second-order valence-electron chi connectivity index (χ2n) is 3.88. The number of hydrogen-bond donors (Lipinski definition) is 2. The van der Waals surface area contributed by atoms with Crippen LogP contribution in [0.4, 0.5) is 11.8 Å². The zero-order valence-electron chi connectivity index (χ0n) is 10.6. The molecule has 0 unspecified atom stereocenters. The predicted octanol–water partition coefficient (Wildman–Crippen LogP) is 0.367. The fourth-order valence-electron chi connectivity index (χ4n) is 1.74. The summed E-state index contributed by atoms with van der Waals surface area (Å²) in [6, 6.07) is 0. The number of rotatable bonds is 4. The molecule has 20 heavy (non-hydrogen) atoms. The van der Waals surface area contributed by atoms with E-state index in [1.54, 1.807) is 25.7 Å². The Kier molecular flexibility index (Phi) is 2.87. The quantitative estimate of drug-likeness (QED) is 0.720. The molecular weight excluding hydrogens is 302 g/mol. The first-order valence-corrected chi connectivity index (χ1v) is 7.89. The first kappa shape index (κ1) is 12.9. The molecule has 0 fully saturated rings. The highest BCUT2D eigenvalue weighted by Gasteiger charge is 2.26. The molecule has 0 aromatic carbocycles. The van der Waals surface area contributed by atoms with Crippen molar-refractivity contribution < 1.29 is 8.42 Å². The molecule has 3 heterocycles. The molecule has 3 rings (SSSR count). The first-order valence-electron chi connectivity index (χ1n) is 5.53. The molecule has 106 valence electrons. The molecule has 0 aliphatic rings. The maximum Gasteiger partial charge on any atom is 0.284 e. The third kappa shape index (κ3) is 1.91. The van der Waals surface area contributed by atoms with Gasteiger partial charge in [0, 0.05) is 25.7 Å². The van der Waals surface area contributed by atoms with Gasteiger partial charge < -0.3 is 5.32 Å². The zero-order valence-corrected chi connectivity index (χ0v) is 12.2. The Hall–Kier alpha value is -2.14. The SMILES string of the molecule is CNc1nc2sccn2c1S(=O)(=O)Nc1ncnn1C. The lowest BCUT2D eigenvalue weighted by Crippen LogP contribution is -2.18. The fourth-order valence-corrected chi connectivity index (χ4v) is 3.84. The lowest BCUT2D eigenvalue weighted by Gasteiger charge is -2.07. The number of thiazole rings is 1. The van der Waals surface area contributed by atoms with E-state index in [1.807, 2.05) is 0 Å². The van der Waals surface area contributed by atoms with Crippen LogP contribution in [0.5, 0.6) is 0 Å². The van der Waals surface area contributed by atoms with E-state index < -0.39 is 10.0 Å². The smallest absolute Gasteiger partial charge is 0.284 e. The van der Waals surface area contributed by atoms with Crippen molar-refractivity contribution in [3.05, 3.63) is 17.9 Å². The second kappa shape index (κ2) is 4.45. The number of aryl methyl sites for hydroxylation is 1. The number of nitrogens with zero attached hydrogens (tertiary/aromatic N) is 5. The van der Waals surface area contributed by atoms with Crippen LogP contribution in [0.1, 0.15) is 0 Å². The minimum atomic E-state index is -3.83. The Morgan fingerprint density at radius 3 is 2.85 bits per heavy atom. The van der Waals surface area contributed by atoms with Gasteiger partial charge >= 0.3 is 0 Å². The molecular formula is C9H11N7O2S2. The molecule has 0 spiro atoms. The van der Waals surface area contributed by atoms with Gasteiger partial charge in [0.2, 0.25) is 11.0 Å². The third-order valence-electron chi connectivity index (χ3n) is 2.65. The average Bonchev–Trinajstić information content (AvgIpc) is 3.04. The maximum atomic E-state index is 12.5. The van der Waals surface area contributed by atoms with Gasteiger partial charge in [-0.25, -0.2) is 14.4 Å². The topological polar surface area (TPSA) is 106 Å². The molecule has 0 amide bonds. The summed E-state index contributed by atoms with van der Waals surface area (Å²) in [5.41, 5.74) is 0. The van der Waals surface area contributed by atoms with Crippen LogP contribution < -0.4 is 10.0 Å². The van der Waals surface area contributed by atoms with Crippen molar-refractivity contribution in [2.45, 2.75) is 5.03 Å². The van der Waals surface area contributed by atoms with Crippen molar-refractivity contribution in [1.82, 2.24) is 24.1 Å². The second-order valence-corrected chi connectivity index (χ2v) is 6.35. The van der Waals surface area contributed by atoms with Crippen LogP contribution in [0, 0.1) is 0 Å². The summed E-state index contributed by atoms with van der Waals surface area (Å²) in [6.07, 6.45) is 2.92. The minimum Gasteiger partial charge on any atom is -0.371 e. The van der Waals surface area contributed by atoms with Crippen LogP contribution >= 0.6 is 11.3 Å². The lowest BCUT2D eigenvalue weighted by atomic mass is 10.7. The molecule has 0 aliphatic heterocycles. The normalized spacial score (nSPS) is 11.9. The zero-order chi connectivity index (χ0) is 14.3. The molecule has 0 aliphatic carbocycles. The molecule has 0 bridgehead atoms. The summed E-state index contributed by atoms with van der Waals surface area (Å²) in [5.74, 6) is 0.420. The largest absolute Gasteiger partial charge is 0.371 e. The van der Waals surface area contributed by atoms with Crippen molar-refractivity contribution in [2.24, 2.45) is 7.05 Å². The summed E-state index contributed by atoms with van der Waals surface area (Å²) in [4.78, 5) is 8.66. The van der Waals surface area contributed by atoms with E-state index in [0.717, 1.165) is 0 Å². The van der Waals surface area contributed by atoms with Gasteiger partial charge in [0.1, 0.15) is 6.33 Å². The molecule has 0 saturated heterocycles. The highest BCUT2D eigenvalue weighted by atomic mass is 32.2. The highest BCUT2D eigenvalue weighted by molar-refractivity contribution is 7.92. The Morgan fingerprint density at radius 2 is 2.20 bits per heavy atom. The van der Waals surface area contributed by atoms with E-state index in [2.05, 4.69) is 25.1 Å². The number of fused-ring (bicyclic) bond motifs is 1. The summed E-state index contributed by atoms with van der Waals surface area (Å²) in [5, 5.41) is 8.41. The Morgan fingerprint density at radius 1 is 1.40 bits per heavy atom. The predicted molar refractivity (Wildman–Crippen MR) is 74.4 cm³/mol. The number of anilines is 2. The van der Waals surface area contributed by atoms with E-state index in [1.165, 1.54) is 26.7 Å². The third-order valence-corrected chi connectivity index (χ3v) is 4.75. The van der Waals surface area contributed by atoms with Crippen LogP contribution in [0.25, 0.3) is 4.96 Å². The summed E-state index contributed by atoms with van der Waals surface area (Å²) in [6.45, 7) is 0. The van der Waals surface area contributed by atoms with Crippen LogP contribution in [-0.2, 0) is 17.1 Å². The molecule has 0 saturated carbocycles.